The Morgan fingerprint density at radius 2 is 2.50 bits per heavy atom. The zero-order chi connectivity index (χ0) is 7.98. The van der Waals surface area contributed by atoms with Crippen LogP contribution in [-0.4, -0.2) is 17.4 Å². The molecule has 58 valence electrons. The molecule has 0 amide bonds. The molecule has 0 aliphatic carbocycles. The Morgan fingerprint density at radius 3 is 2.90 bits per heavy atom. The van der Waals surface area contributed by atoms with Gasteiger partial charge >= 0.3 is 5.97 Å². The van der Waals surface area contributed by atoms with Crippen molar-refractivity contribution >= 4 is 21.9 Å². The Balaban J connectivity index is 3.46. The third-order valence-corrected chi connectivity index (χ3v) is 1.40. The first-order chi connectivity index (χ1) is 4.70. The molecule has 1 unspecified atom stereocenters. The van der Waals surface area contributed by atoms with Gasteiger partial charge in [0, 0.05) is 6.42 Å². The molecular formula is C7H11BrO2. The summed E-state index contributed by atoms with van der Waals surface area (Å²) in [4.78, 5) is 10.6. The molecule has 0 bridgehead atoms. The van der Waals surface area contributed by atoms with Gasteiger partial charge < -0.3 is 4.74 Å². The summed E-state index contributed by atoms with van der Waals surface area (Å²) in [5.41, 5.74) is 0. The SMILES string of the molecule is C=CCC(C)OC(=O)CBr. The molecule has 1 atom stereocenters. The minimum atomic E-state index is -0.227. The second kappa shape index (κ2) is 5.47. The maximum atomic E-state index is 10.6. The standard InChI is InChI=1S/C7H11BrO2/c1-3-4-6(2)10-7(9)5-8/h3,6H,1,4-5H2,2H3. The Kier molecular flexibility index (Phi) is 5.30. The molecule has 0 heterocycles. The third-order valence-electron chi connectivity index (χ3n) is 0.940. The highest BCUT2D eigenvalue weighted by atomic mass is 79.9. The number of alkyl halides is 1. The van der Waals surface area contributed by atoms with Gasteiger partial charge in [-0.3, -0.25) is 4.79 Å². The van der Waals surface area contributed by atoms with Crippen molar-refractivity contribution in [2.75, 3.05) is 5.33 Å². The number of esters is 1. The average molecular weight is 207 g/mol. The van der Waals surface area contributed by atoms with Crippen LogP contribution >= 0.6 is 15.9 Å². The molecule has 0 spiro atoms. The highest BCUT2D eigenvalue weighted by molar-refractivity contribution is 9.09. The fourth-order valence-electron chi connectivity index (χ4n) is 0.539. The van der Waals surface area contributed by atoms with E-state index in [1.165, 1.54) is 0 Å². The van der Waals surface area contributed by atoms with Gasteiger partial charge in [0.25, 0.3) is 0 Å². The molecule has 0 aliphatic rings. The first-order valence-electron chi connectivity index (χ1n) is 3.07. The summed E-state index contributed by atoms with van der Waals surface area (Å²) < 4.78 is 4.88. The number of carbonyl (C=O) groups excluding carboxylic acids is 1. The van der Waals surface area contributed by atoms with Crippen LogP contribution in [0.1, 0.15) is 13.3 Å². The van der Waals surface area contributed by atoms with Crippen molar-refractivity contribution in [2.24, 2.45) is 0 Å². The van der Waals surface area contributed by atoms with Gasteiger partial charge in [-0.1, -0.05) is 22.0 Å². The molecule has 0 saturated carbocycles. The van der Waals surface area contributed by atoms with Crippen molar-refractivity contribution < 1.29 is 9.53 Å². The Labute approximate surface area is 69.4 Å². The zero-order valence-electron chi connectivity index (χ0n) is 5.97. The van der Waals surface area contributed by atoms with E-state index in [1.54, 1.807) is 6.08 Å². The molecule has 0 radical (unpaired) electrons. The summed E-state index contributed by atoms with van der Waals surface area (Å²) in [5, 5.41) is 0.258. The molecule has 0 aliphatic heterocycles. The predicted molar refractivity (Wildman–Crippen MR) is 44.2 cm³/mol. The zero-order valence-corrected chi connectivity index (χ0v) is 7.56. The van der Waals surface area contributed by atoms with Crippen LogP contribution in [0.25, 0.3) is 0 Å². The number of hydrogen-bond acceptors (Lipinski definition) is 2. The molecule has 0 aromatic rings. The van der Waals surface area contributed by atoms with Crippen LogP contribution in [0.15, 0.2) is 12.7 Å². The van der Waals surface area contributed by atoms with Crippen molar-refractivity contribution in [2.45, 2.75) is 19.4 Å². The molecule has 0 fully saturated rings. The Morgan fingerprint density at radius 1 is 1.90 bits per heavy atom. The number of ether oxygens (including phenoxy) is 1. The van der Waals surface area contributed by atoms with Gasteiger partial charge in [0.05, 0.1) is 0 Å². The van der Waals surface area contributed by atoms with Crippen molar-refractivity contribution in [3.63, 3.8) is 0 Å². The second-order valence-electron chi connectivity index (χ2n) is 1.96. The molecule has 3 heteroatoms. The second-order valence-corrected chi connectivity index (χ2v) is 2.52. The van der Waals surface area contributed by atoms with Crippen molar-refractivity contribution in [3.05, 3.63) is 12.7 Å². The van der Waals surface area contributed by atoms with E-state index in [2.05, 4.69) is 22.5 Å². The van der Waals surface area contributed by atoms with Crippen LogP contribution in [0.5, 0.6) is 0 Å². The molecule has 0 N–H and O–H groups in total. The van der Waals surface area contributed by atoms with E-state index in [1.807, 2.05) is 6.92 Å². The molecule has 10 heavy (non-hydrogen) atoms. The molecule has 0 rings (SSSR count). The van der Waals surface area contributed by atoms with Crippen molar-refractivity contribution in [3.8, 4) is 0 Å². The van der Waals surface area contributed by atoms with E-state index < -0.39 is 0 Å². The average Bonchev–Trinajstić information content (AvgIpc) is 1.88. The van der Waals surface area contributed by atoms with E-state index in [0.717, 1.165) is 0 Å². The summed E-state index contributed by atoms with van der Waals surface area (Å²) in [6.45, 7) is 5.37. The number of hydrogen-bond donors (Lipinski definition) is 0. The lowest BCUT2D eigenvalue weighted by Crippen LogP contribution is -2.14. The highest BCUT2D eigenvalue weighted by Crippen LogP contribution is 1.98. The summed E-state index contributed by atoms with van der Waals surface area (Å²) in [7, 11) is 0. The monoisotopic (exact) mass is 206 g/mol. The summed E-state index contributed by atoms with van der Waals surface area (Å²) >= 11 is 2.99. The van der Waals surface area contributed by atoms with Crippen LogP contribution < -0.4 is 0 Å². The van der Waals surface area contributed by atoms with E-state index in [0.29, 0.717) is 6.42 Å². The van der Waals surface area contributed by atoms with Gasteiger partial charge in [-0.2, -0.15) is 0 Å². The van der Waals surface area contributed by atoms with E-state index >= 15 is 0 Å². The molecular weight excluding hydrogens is 196 g/mol. The summed E-state index contributed by atoms with van der Waals surface area (Å²) in [6.07, 6.45) is 2.38. The quantitative estimate of drug-likeness (QED) is 0.399. The van der Waals surface area contributed by atoms with Crippen LogP contribution in [0.4, 0.5) is 0 Å². The first kappa shape index (κ1) is 9.69. The van der Waals surface area contributed by atoms with Crippen LogP contribution in [-0.2, 0) is 9.53 Å². The van der Waals surface area contributed by atoms with E-state index in [9.17, 15) is 4.79 Å². The Bertz CT molecular complexity index is 123. The molecule has 0 saturated heterocycles. The fraction of sp³-hybridized carbons (Fsp3) is 0.571. The lowest BCUT2D eigenvalue weighted by atomic mass is 10.3. The maximum absolute atomic E-state index is 10.6. The number of halogens is 1. The topological polar surface area (TPSA) is 26.3 Å². The lowest BCUT2D eigenvalue weighted by molar-refractivity contribution is -0.144. The van der Waals surface area contributed by atoms with Crippen molar-refractivity contribution in [1.29, 1.82) is 0 Å². The summed E-state index contributed by atoms with van der Waals surface area (Å²) in [5.74, 6) is -0.227. The predicted octanol–water partition coefficient (Wildman–Crippen LogP) is 1.89. The minimum Gasteiger partial charge on any atom is -0.462 e. The van der Waals surface area contributed by atoms with Gasteiger partial charge in [0.1, 0.15) is 11.4 Å². The van der Waals surface area contributed by atoms with Crippen LogP contribution in [0.2, 0.25) is 0 Å². The third kappa shape index (κ3) is 4.56. The van der Waals surface area contributed by atoms with Gasteiger partial charge in [0.15, 0.2) is 0 Å². The van der Waals surface area contributed by atoms with Crippen LogP contribution in [0, 0.1) is 0 Å². The number of rotatable bonds is 4. The maximum Gasteiger partial charge on any atom is 0.316 e. The summed E-state index contributed by atoms with van der Waals surface area (Å²) in [6, 6.07) is 0. The highest BCUT2D eigenvalue weighted by Gasteiger charge is 2.04. The smallest absolute Gasteiger partial charge is 0.316 e. The van der Waals surface area contributed by atoms with Gasteiger partial charge in [0.2, 0.25) is 0 Å². The van der Waals surface area contributed by atoms with Gasteiger partial charge in [-0.15, -0.1) is 6.58 Å². The number of carbonyl (C=O) groups is 1. The van der Waals surface area contributed by atoms with E-state index in [4.69, 9.17) is 4.74 Å². The Hall–Kier alpha value is -0.310. The van der Waals surface area contributed by atoms with Gasteiger partial charge in [-0.25, -0.2) is 0 Å². The van der Waals surface area contributed by atoms with Crippen LogP contribution in [0.3, 0.4) is 0 Å². The van der Waals surface area contributed by atoms with E-state index in [-0.39, 0.29) is 17.4 Å². The molecule has 0 aromatic carbocycles. The largest absolute Gasteiger partial charge is 0.462 e. The minimum absolute atomic E-state index is 0.0532. The molecule has 0 aromatic heterocycles. The fourth-order valence-corrected chi connectivity index (χ4v) is 0.671. The lowest BCUT2D eigenvalue weighted by Gasteiger charge is -2.08. The van der Waals surface area contributed by atoms with Crippen molar-refractivity contribution in [1.82, 2.24) is 0 Å². The van der Waals surface area contributed by atoms with Gasteiger partial charge in [-0.05, 0) is 6.92 Å². The first-order valence-corrected chi connectivity index (χ1v) is 4.19. The normalized spacial score (nSPS) is 12.2. The molecule has 2 nitrogen and oxygen atoms in total.